The molecule has 0 radical (unpaired) electrons. The van der Waals surface area contributed by atoms with Crippen LogP contribution in [0.2, 0.25) is 0 Å². The predicted octanol–water partition coefficient (Wildman–Crippen LogP) is 2.05. The summed E-state index contributed by atoms with van der Waals surface area (Å²) in [7, 11) is 0. The van der Waals surface area contributed by atoms with Crippen molar-refractivity contribution in [1.82, 2.24) is 4.90 Å². The Labute approximate surface area is 63.7 Å². The van der Waals surface area contributed by atoms with Crippen LogP contribution < -0.4 is 0 Å². The van der Waals surface area contributed by atoms with Crippen LogP contribution in [0.15, 0.2) is 12.7 Å². The minimum absolute atomic E-state index is 0.771. The summed E-state index contributed by atoms with van der Waals surface area (Å²) in [5.41, 5.74) is 0. The number of likely N-dealkylation sites (tertiary alicyclic amines) is 1. The third kappa shape index (κ3) is 1.40. The summed E-state index contributed by atoms with van der Waals surface area (Å²) in [5.74, 6) is 0. The molecule has 0 aromatic carbocycles. The molecule has 0 unspecified atom stereocenters. The Balaban J connectivity index is 2.45. The Kier molecular flexibility index (Phi) is 2.50. The molecule has 1 aliphatic heterocycles. The van der Waals surface area contributed by atoms with Crippen molar-refractivity contribution in [2.24, 2.45) is 0 Å². The summed E-state index contributed by atoms with van der Waals surface area (Å²) in [6, 6.07) is 1.54. The number of nitrogens with zero attached hydrogens (tertiary/aromatic N) is 1. The maximum absolute atomic E-state index is 3.75. The number of hydrogen-bond acceptors (Lipinski definition) is 1. The molecule has 0 N–H and O–H groups in total. The van der Waals surface area contributed by atoms with E-state index in [-0.39, 0.29) is 0 Å². The number of rotatable bonds is 2. The van der Waals surface area contributed by atoms with Gasteiger partial charge in [0.2, 0.25) is 0 Å². The van der Waals surface area contributed by atoms with E-state index in [1.807, 2.05) is 6.08 Å². The average Bonchev–Trinajstić information content (AvgIpc) is 2.20. The highest BCUT2D eigenvalue weighted by Crippen LogP contribution is 2.22. The Morgan fingerprint density at radius 2 is 1.90 bits per heavy atom. The van der Waals surface area contributed by atoms with Gasteiger partial charge in [-0.1, -0.05) is 6.08 Å². The van der Waals surface area contributed by atoms with Crippen LogP contribution in [-0.4, -0.2) is 23.5 Å². The Bertz CT molecular complexity index is 110. The Morgan fingerprint density at radius 1 is 1.40 bits per heavy atom. The summed E-state index contributed by atoms with van der Waals surface area (Å²) in [5, 5.41) is 0. The van der Waals surface area contributed by atoms with E-state index in [2.05, 4.69) is 25.3 Å². The van der Waals surface area contributed by atoms with E-state index < -0.39 is 0 Å². The predicted molar refractivity (Wildman–Crippen MR) is 45.1 cm³/mol. The second kappa shape index (κ2) is 3.20. The van der Waals surface area contributed by atoms with Crippen molar-refractivity contribution in [3.63, 3.8) is 0 Å². The van der Waals surface area contributed by atoms with Gasteiger partial charge in [-0.15, -0.1) is 6.58 Å². The average molecular weight is 139 g/mol. The molecule has 1 saturated heterocycles. The summed E-state index contributed by atoms with van der Waals surface area (Å²) in [4.78, 5) is 2.51. The van der Waals surface area contributed by atoms with Gasteiger partial charge in [0, 0.05) is 18.6 Å². The molecule has 1 heterocycles. The zero-order chi connectivity index (χ0) is 7.56. The van der Waals surface area contributed by atoms with Crippen LogP contribution in [0.5, 0.6) is 0 Å². The van der Waals surface area contributed by atoms with Gasteiger partial charge in [-0.25, -0.2) is 0 Å². The second-order valence-corrected chi connectivity index (χ2v) is 3.26. The van der Waals surface area contributed by atoms with Crippen LogP contribution in [0.25, 0.3) is 0 Å². The van der Waals surface area contributed by atoms with Crippen LogP contribution in [0.4, 0.5) is 0 Å². The molecule has 58 valence electrons. The fourth-order valence-corrected chi connectivity index (χ4v) is 1.76. The van der Waals surface area contributed by atoms with Crippen LogP contribution in [0.3, 0.4) is 0 Å². The topological polar surface area (TPSA) is 3.24 Å². The van der Waals surface area contributed by atoms with Gasteiger partial charge in [0.15, 0.2) is 0 Å². The van der Waals surface area contributed by atoms with Gasteiger partial charge in [-0.05, 0) is 26.7 Å². The molecule has 2 atom stereocenters. The summed E-state index contributed by atoms with van der Waals surface area (Å²) < 4.78 is 0. The van der Waals surface area contributed by atoms with Crippen LogP contribution in [0.1, 0.15) is 26.7 Å². The van der Waals surface area contributed by atoms with E-state index in [9.17, 15) is 0 Å². The summed E-state index contributed by atoms with van der Waals surface area (Å²) in [6.45, 7) is 9.41. The first-order valence-corrected chi connectivity index (χ1v) is 4.12. The minimum Gasteiger partial charge on any atom is -0.294 e. The van der Waals surface area contributed by atoms with E-state index in [0.29, 0.717) is 0 Å². The largest absolute Gasteiger partial charge is 0.294 e. The smallest absolute Gasteiger partial charge is 0.0166 e. The maximum Gasteiger partial charge on any atom is 0.0166 e. The second-order valence-electron chi connectivity index (χ2n) is 3.26. The molecule has 0 bridgehead atoms. The summed E-state index contributed by atoms with van der Waals surface area (Å²) >= 11 is 0. The lowest BCUT2D eigenvalue weighted by Gasteiger charge is -2.23. The molecule has 1 aliphatic rings. The maximum atomic E-state index is 3.75. The fourth-order valence-electron chi connectivity index (χ4n) is 1.76. The Morgan fingerprint density at radius 3 is 2.30 bits per heavy atom. The standard InChI is InChI=1S/C9H17N/c1-4-7-10-8(2)5-6-9(10)3/h4,8-9H,1,5-7H2,2-3H3/t8-,9-/m0/s1. The molecule has 1 rings (SSSR count). The highest BCUT2D eigenvalue weighted by molar-refractivity contribution is 4.86. The van der Waals surface area contributed by atoms with Crippen LogP contribution >= 0.6 is 0 Å². The van der Waals surface area contributed by atoms with Crippen molar-refractivity contribution < 1.29 is 0 Å². The Hall–Kier alpha value is -0.300. The third-order valence-electron chi connectivity index (χ3n) is 2.47. The lowest BCUT2D eigenvalue weighted by Crippen LogP contribution is -2.32. The molecule has 0 aliphatic carbocycles. The molecular weight excluding hydrogens is 122 g/mol. The van der Waals surface area contributed by atoms with Crippen molar-refractivity contribution in [2.45, 2.75) is 38.8 Å². The molecule has 0 saturated carbocycles. The van der Waals surface area contributed by atoms with Gasteiger partial charge in [-0.2, -0.15) is 0 Å². The van der Waals surface area contributed by atoms with E-state index in [1.54, 1.807) is 0 Å². The van der Waals surface area contributed by atoms with E-state index in [1.165, 1.54) is 12.8 Å². The minimum atomic E-state index is 0.771. The van der Waals surface area contributed by atoms with Crippen molar-refractivity contribution >= 4 is 0 Å². The third-order valence-corrected chi connectivity index (χ3v) is 2.47. The van der Waals surface area contributed by atoms with Gasteiger partial charge >= 0.3 is 0 Å². The lowest BCUT2D eigenvalue weighted by molar-refractivity contribution is 0.239. The zero-order valence-corrected chi connectivity index (χ0v) is 7.01. The fraction of sp³-hybridized carbons (Fsp3) is 0.778. The first-order chi connectivity index (χ1) is 4.75. The van der Waals surface area contributed by atoms with Crippen molar-refractivity contribution in [2.75, 3.05) is 6.54 Å². The van der Waals surface area contributed by atoms with Gasteiger partial charge < -0.3 is 0 Å². The molecule has 0 aromatic heterocycles. The number of hydrogen-bond donors (Lipinski definition) is 0. The molecule has 0 aromatic rings. The van der Waals surface area contributed by atoms with Crippen molar-refractivity contribution in [3.8, 4) is 0 Å². The van der Waals surface area contributed by atoms with E-state index in [0.717, 1.165) is 18.6 Å². The highest BCUT2D eigenvalue weighted by Gasteiger charge is 2.25. The van der Waals surface area contributed by atoms with Gasteiger partial charge in [0.05, 0.1) is 0 Å². The van der Waals surface area contributed by atoms with Gasteiger partial charge in [0.25, 0.3) is 0 Å². The summed E-state index contributed by atoms with van der Waals surface area (Å²) in [6.07, 6.45) is 4.71. The highest BCUT2D eigenvalue weighted by atomic mass is 15.2. The molecule has 1 heteroatoms. The van der Waals surface area contributed by atoms with Crippen LogP contribution in [-0.2, 0) is 0 Å². The molecule has 1 fully saturated rings. The molecule has 10 heavy (non-hydrogen) atoms. The monoisotopic (exact) mass is 139 g/mol. The van der Waals surface area contributed by atoms with Crippen molar-refractivity contribution in [3.05, 3.63) is 12.7 Å². The lowest BCUT2D eigenvalue weighted by atomic mass is 10.2. The van der Waals surface area contributed by atoms with Crippen molar-refractivity contribution in [1.29, 1.82) is 0 Å². The van der Waals surface area contributed by atoms with Gasteiger partial charge in [-0.3, -0.25) is 4.90 Å². The zero-order valence-electron chi connectivity index (χ0n) is 7.01. The molecule has 0 spiro atoms. The molecular formula is C9H17N. The van der Waals surface area contributed by atoms with E-state index in [4.69, 9.17) is 0 Å². The SMILES string of the molecule is C=CCN1[C@@H](C)CC[C@@H]1C. The van der Waals surface area contributed by atoms with Gasteiger partial charge in [0.1, 0.15) is 0 Å². The quantitative estimate of drug-likeness (QED) is 0.529. The molecule has 1 nitrogen and oxygen atoms in total. The van der Waals surface area contributed by atoms with E-state index >= 15 is 0 Å². The first kappa shape index (κ1) is 7.80. The molecule has 0 amide bonds. The normalized spacial score (nSPS) is 34.6. The van der Waals surface area contributed by atoms with Crippen LogP contribution in [0, 0.1) is 0 Å². The first-order valence-electron chi connectivity index (χ1n) is 4.12.